The molecular weight excluding hydrogens is 158 g/mol. The van der Waals surface area contributed by atoms with Gasteiger partial charge < -0.3 is 4.90 Å². The first-order valence-electron chi connectivity index (χ1n) is 4.92. The lowest BCUT2D eigenvalue weighted by Crippen LogP contribution is -2.25. The van der Waals surface area contributed by atoms with E-state index < -0.39 is 0 Å². The number of hydrogen-bond donors (Lipinski definition) is 0. The van der Waals surface area contributed by atoms with Crippen molar-refractivity contribution in [3.63, 3.8) is 0 Å². The van der Waals surface area contributed by atoms with Crippen molar-refractivity contribution in [3.05, 3.63) is 42.8 Å². The second kappa shape index (κ2) is 5.76. The Morgan fingerprint density at radius 3 is 2.46 bits per heavy atom. The molecule has 0 saturated carbocycles. The van der Waals surface area contributed by atoms with Gasteiger partial charge in [0, 0.05) is 6.54 Å². The predicted octanol–water partition coefficient (Wildman–Crippen LogP) is 2.39. The Balaban J connectivity index is 2.34. The predicted molar refractivity (Wildman–Crippen MR) is 57.6 cm³/mol. The quantitative estimate of drug-likeness (QED) is 0.666. The highest BCUT2D eigenvalue weighted by Gasteiger charge is 1.98. The van der Waals surface area contributed by atoms with E-state index in [0.29, 0.717) is 0 Å². The first-order chi connectivity index (χ1) is 6.36. The number of hydrogen-bond acceptors (Lipinski definition) is 1. The average Bonchev–Trinajstić information content (AvgIpc) is 2.21. The summed E-state index contributed by atoms with van der Waals surface area (Å²) in [7, 11) is 0. The van der Waals surface area contributed by atoms with E-state index in [1.807, 2.05) is 0 Å². The first-order valence-corrected chi connectivity index (χ1v) is 4.92. The SMILES string of the molecule is [CH2]CN(CC)CCc1ccccc1. The Morgan fingerprint density at radius 2 is 1.92 bits per heavy atom. The largest absolute Gasteiger partial charge is 0.303 e. The summed E-state index contributed by atoms with van der Waals surface area (Å²) in [6.07, 6.45) is 1.13. The third-order valence-electron chi connectivity index (χ3n) is 2.32. The molecule has 0 aliphatic carbocycles. The van der Waals surface area contributed by atoms with Gasteiger partial charge in [0.15, 0.2) is 0 Å². The van der Waals surface area contributed by atoms with Crippen LogP contribution in [0.2, 0.25) is 0 Å². The van der Waals surface area contributed by atoms with Gasteiger partial charge in [-0.3, -0.25) is 0 Å². The van der Waals surface area contributed by atoms with Crippen LogP contribution in [0.5, 0.6) is 0 Å². The highest BCUT2D eigenvalue weighted by Crippen LogP contribution is 2.00. The molecule has 0 heterocycles. The van der Waals surface area contributed by atoms with Gasteiger partial charge in [-0.2, -0.15) is 0 Å². The van der Waals surface area contributed by atoms with Crippen LogP contribution in [0.3, 0.4) is 0 Å². The third-order valence-corrected chi connectivity index (χ3v) is 2.32. The van der Waals surface area contributed by atoms with Gasteiger partial charge in [0.1, 0.15) is 0 Å². The molecule has 0 bridgehead atoms. The molecule has 1 heteroatoms. The molecule has 13 heavy (non-hydrogen) atoms. The maximum atomic E-state index is 3.90. The zero-order valence-electron chi connectivity index (χ0n) is 8.37. The van der Waals surface area contributed by atoms with Crippen LogP contribution in [0, 0.1) is 6.92 Å². The van der Waals surface area contributed by atoms with E-state index in [-0.39, 0.29) is 0 Å². The van der Waals surface area contributed by atoms with Crippen molar-refractivity contribution >= 4 is 0 Å². The fourth-order valence-electron chi connectivity index (χ4n) is 1.36. The molecule has 0 spiro atoms. The van der Waals surface area contributed by atoms with E-state index in [1.54, 1.807) is 0 Å². The third kappa shape index (κ3) is 3.60. The molecule has 0 aromatic heterocycles. The highest BCUT2D eigenvalue weighted by molar-refractivity contribution is 5.14. The van der Waals surface area contributed by atoms with Crippen LogP contribution in [0.25, 0.3) is 0 Å². The summed E-state index contributed by atoms with van der Waals surface area (Å²) in [5.74, 6) is 0. The molecule has 0 saturated heterocycles. The van der Waals surface area contributed by atoms with E-state index >= 15 is 0 Å². The minimum Gasteiger partial charge on any atom is -0.303 e. The molecule has 1 radical (unpaired) electrons. The number of nitrogens with zero attached hydrogens (tertiary/aromatic N) is 1. The van der Waals surface area contributed by atoms with Crippen molar-refractivity contribution < 1.29 is 0 Å². The molecule has 1 rings (SSSR count). The van der Waals surface area contributed by atoms with Crippen molar-refractivity contribution in [1.29, 1.82) is 0 Å². The monoisotopic (exact) mass is 176 g/mol. The van der Waals surface area contributed by atoms with Gasteiger partial charge in [-0.15, -0.1) is 0 Å². The van der Waals surface area contributed by atoms with Crippen molar-refractivity contribution in [2.75, 3.05) is 19.6 Å². The van der Waals surface area contributed by atoms with Crippen molar-refractivity contribution in [1.82, 2.24) is 4.90 Å². The molecule has 1 aromatic carbocycles. The van der Waals surface area contributed by atoms with Crippen molar-refractivity contribution in [2.24, 2.45) is 0 Å². The molecule has 1 aromatic rings. The van der Waals surface area contributed by atoms with Crippen molar-refractivity contribution in [3.8, 4) is 0 Å². The summed E-state index contributed by atoms with van der Waals surface area (Å²) < 4.78 is 0. The maximum absolute atomic E-state index is 3.90. The molecule has 71 valence electrons. The van der Waals surface area contributed by atoms with Gasteiger partial charge in [0.05, 0.1) is 0 Å². The van der Waals surface area contributed by atoms with Crippen LogP contribution < -0.4 is 0 Å². The fraction of sp³-hybridized carbons (Fsp3) is 0.417. The van der Waals surface area contributed by atoms with Gasteiger partial charge in [0.25, 0.3) is 0 Å². The zero-order valence-corrected chi connectivity index (χ0v) is 8.37. The minimum atomic E-state index is 0.906. The summed E-state index contributed by atoms with van der Waals surface area (Å²) in [5.41, 5.74) is 1.41. The van der Waals surface area contributed by atoms with Crippen LogP contribution in [0.1, 0.15) is 12.5 Å². The van der Waals surface area contributed by atoms with Crippen LogP contribution in [-0.2, 0) is 6.42 Å². The fourth-order valence-corrected chi connectivity index (χ4v) is 1.36. The Hall–Kier alpha value is -0.820. The summed E-state index contributed by atoms with van der Waals surface area (Å²) in [5, 5.41) is 0. The van der Waals surface area contributed by atoms with E-state index in [1.165, 1.54) is 5.56 Å². The number of rotatable bonds is 5. The van der Waals surface area contributed by atoms with E-state index in [0.717, 1.165) is 26.1 Å². The smallest absolute Gasteiger partial charge is 0.00217 e. The Kier molecular flexibility index (Phi) is 4.55. The molecule has 0 amide bonds. The maximum Gasteiger partial charge on any atom is 0.00217 e. The van der Waals surface area contributed by atoms with Crippen LogP contribution >= 0.6 is 0 Å². The molecule has 0 aliphatic rings. The second-order valence-electron chi connectivity index (χ2n) is 3.17. The summed E-state index contributed by atoms with van der Waals surface area (Å²) in [4.78, 5) is 2.34. The molecule has 0 fully saturated rings. The second-order valence-corrected chi connectivity index (χ2v) is 3.17. The zero-order chi connectivity index (χ0) is 9.52. The van der Waals surface area contributed by atoms with E-state index in [4.69, 9.17) is 0 Å². The van der Waals surface area contributed by atoms with Gasteiger partial charge >= 0.3 is 0 Å². The Bertz CT molecular complexity index is 214. The molecule has 0 unspecified atom stereocenters. The standard InChI is InChI=1S/C12H18N/c1-3-13(4-2)11-10-12-8-6-5-7-9-12/h5-9H,1,3-4,10-11H2,2H3. The van der Waals surface area contributed by atoms with Gasteiger partial charge in [-0.25, -0.2) is 0 Å². The Morgan fingerprint density at radius 1 is 1.23 bits per heavy atom. The molecular formula is C12H18N. The molecule has 0 atom stereocenters. The number of likely N-dealkylation sites (N-methyl/N-ethyl adjacent to an activating group) is 1. The highest BCUT2D eigenvalue weighted by atomic mass is 15.1. The Labute approximate surface area is 81.4 Å². The topological polar surface area (TPSA) is 3.24 Å². The summed E-state index contributed by atoms with van der Waals surface area (Å²) >= 11 is 0. The van der Waals surface area contributed by atoms with Gasteiger partial charge in [0.2, 0.25) is 0 Å². The summed E-state index contributed by atoms with van der Waals surface area (Å²) in [6, 6.07) is 10.6. The number of benzene rings is 1. The lowest BCUT2D eigenvalue weighted by Gasteiger charge is -2.17. The van der Waals surface area contributed by atoms with Crippen LogP contribution in [0.4, 0.5) is 0 Å². The lowest BCUT2D eigenvalue weighted by atomic mass is 10.1. The normalized spacial score (nSPS) is 10.7. The lowest BCUT2D eigenvalue weighted by molar-refractivity contribution is 0.322. The first kappa shape index (κ1) is 10.3. The minimum absolute atomic E-state index is 0.906. The molecule has 0 N–H and O–H groups in total. The van der Waals surface area contributed by atoms with E-state index in [9.17, 15) is 0 Å². The molecule has 1 nitrogen and oxygen atoms in total. The molecule has 0 aliphatic heterocycles. The van der Waals surface area contributed by atoms with E-state index in [2.05, 4.69) is 49.1 Å². The van der Waals surface area contributed by atoms with Crippen LogP contribution in [-0.4, -0.2) is 24.5 Å². The van der Waals surface area contributed by atoms with Gasteiger partial charge in [-0.05, 0) is 32.0 Å². The van der Waals surface area contributed by atoms with Gasteiger partial charge in [-0.1, -0.05) is 37.3 Å². The van der Waals surface area contributed by atoms with Crippen LogP contribution in [0.15, 0.2) is 30.3 Å². The van der Waals surface area contributed by atoms with Crippen molar-refractivity contribution in [2.45, 2.75) is 13.3 Å². The summed E-state index contributed by atoms with van der Waals surface area (Å²) in [6.45, 7) is 9.19. The average molecular weight is 176 g/mol.